The number of methoxy groups -OCH3 is 1. The van der Waals surface area contributed by atoms with Gasteiger partial charge in [0.15, 0.2) is 5.96 Å². The van der Waals surface area contributed by atoms with E-state index in [0.717, 1.165) is 37.7 Å². The summed E-state index contributed by atoms with van der Waals surface area (Å²) in [6.45, 7) is 4.50. The maximum atomic E-state index is 5.31. The van der Waals surface area contributed by atoms with Crippen LogP contribution in [0.15, 0.2) is 53.7 Å². The van der Waals surface area contributed by atoms with E-state index in [-0.39, 0.29) is 24.0 Å². The molecule has 0 aliphatic carbocycles. The molecule has 3 rings (SSSR count). The lowest BCUT2D eigenvalue weighted by Crippen LogP contribution is -2.52. The second-order valence-corrected chi connectivity index (χ2v) is 5.88. The molecule has 1 aromatic heterocycles. The van der Waals surface area contributed by atoms with E-state index in [4.69, 9.17) is 4.74 Å². The molecule has 2 aromatic rings. The molecule has 1 aliphatic heterocycles. The van der Waals surface area contributed by atoms with Crippen molar-refractivity contribution in [3.63, 3.8) is 0 Å². The van der Waals surface area contributed by atoms with Crippen molar-refractivity contribution >= 4 is 35.6 Å². The zero-order chi connectivity index (χ0) is 17.5. The third kappa shape index (κ3) is 5.00. The molecule has 0 bridgehead atoms. The van der Waals surface area contributed by atoms with Crippen molar-refractivity contribution in [2.75, 3.05) is 45.2 Å². The lowest BCUT2D eigenvalue weighted by atomic mass is 10.2. The fraction of sp³-hybridized carbons (Fsp3) is 0.368. The Labute approximate surface area is 172 Å². The highest BCUT2D eigenvalue weighted by molar-refractivity contribution is 14.0. The third-order valence-electron chi connectivity index (χ3n) is 4.39. The Bertz CT molecular complexity index is 702. The molecule has 1 fully saturated rings. The summed E-state index contributed by atoms with van der Waals surface area (Å²) in [6.07, 6.45) is 1.74. The highest BCUT2D eigenvalue weighted by Gasteiger charge is 2.19. The monoisotopic (exact) mass is 467 g/mol. The number of benzene rings is 1. The van der Waals surface area contributed by atoms with Crippen molar-refractivity contribution in [3.05, 3.63) is 54.2 Å². The summed E-state index contributed by atoms with van der Waals surface area (Å²) in [5.74, 6) is 1.57. The summed E-state index contributed by atoms with van der Waals surface area (Å²) in [5.41, 5.74) is 2.30. The van der Waals surface area contributed by atoms with Crippen LogP contribution >= 0.6 is 24.0 Å². The van der Waals surface area contributed by atoms with Gasteiger partial charge in [0, 0.05) is 57.2 Å². The Balaban J connectivity index is 0.00000243. The molecule has 0 unspecified atom stereocenters. The number of nitrogens with one attached hydrogen (secondary N) is 1. The molecular formula is C19H26IN5O. The Morgan fingerprint density at radius 1 is 1.12 bits per heavy atom. The number of aliphatic imine (C=N–C) groups is 1. The van der Waals surface area contributed by atoms with Crippen molar-refractivity contribution in [1.29, 1.82) is 0 Å². The van der Waals surface area contributed by atoms with Crippen LogP contribution in [-0.2, 0) is 6.54 Å². The molecule has 1 aliphatic rings. The van der Waals surface area contributed by atoms with Gasteiger partial charge in [-0.2, -0.15) is 0 Å². The predicted octanol–water partition coefficient (Wildman–Crippen LogP) is 2.61. The summed E-state index contributed by atoms with van der Waals surface area (Å²) < 4.78 is 5.31. The number of guanidine groups is 1. The number of hydrogen-bond donors (Lipinski definition) is 1. The first-order chi connectivity index (χ1) is 12.3. The van der Waals surface area contributed by atoms with Gasteiger partial charge in [-0.1, -0.05) is 24.3 Å². The summed E-state index contributed by atoms with van der Waals surface area (Å²) in [6, 6.07) is 14.5. The molecule has 1 N–H and O–H groups in total. The Morgan fingerprint density at radius 3 is 2.50 bits per heavy atom. The average Bonchev–Trinajstić information content (AvgIpc) is 2.70. The second kappa shape index (κ2) is 10.2. The minimum atomic E-state index is 0. The van der Waals surface area contributed by atoms with E-state index in [1.807, 2.05) is 19.2 Å². The Kier molecular flexibility index (Phi) is 7.96. The van der Waals surface area contributed by atoms with E-state index in [1.54, 1.807) is 13.3 Å². The third-order valence-corrected chi connectivity index (χ3v) is 4.39. The lowest BCUT2D eigenvalue weighted by molar-refractivity contribution is 0.370. The topological polar surface area (TPSA) is 53.0 Å². The van der Waals surface area contributed by atoms with E-state index in [2.05, 4.69) is 55.4 Å². The minimum absolute atomic E-state index is 0. The van der Waals surface area contributed by atoms with E-state index >= 15 is 0 Å². The van der Waals surface area contributed by atoms with Crippen molar-refractivity contribution in [2.45, 2.75) is 6.54 Å². The van der Waals surface area contributed by atoms with Crippen molar-refractivity contribution in [2.24, 2.45) is 4.99 Å². The van der Waals surface area contributed by atoms with Crippen molar-refractivity contribution in [1.82, 2.24) is 15.2 Å². The molecule has 0 spiro atoms. The largest absolute Gasteiger partial charge is 0.481 e. The van der Waals surface area contributed by atoms with Crippen LogP contribution in [0.5, 0.6) is 5.88 Å². The van der Waals surface area contributed by atoms with Gasteiger partial charge in [-0.05, 0) is 18.2 Å². The van der Waals surface area contributed by atoms with Crippen molar-refractivity contribution < 1.29 is 4.74 Å². The van der Waals surface area contributed by atoms with E-state index in [1.165, 1.54) is 5.69 Å². The summed E-state index contributed by atoms with van der Waals surface area (Å²) in [7, 11) is 3.47. The molecule has 140 valence electrons. The van der Waals surface area contributed by atoms with E-state index in [0.29, 0.717) is 12.4 Å². The maximum absolute atomic E-state index is 5.31. The molecule has 0 saturated carbocycles. The van der Waals surface area contributed by atoms with Gasteiger partial charge in [-0.25, -0.2) is 4.98 Å². The van der Waals surface area contributed by atoms with Crippen LogP contribution in [0.3, 0.4) is 0 Å². The van der Waals surface area contributed by atoms with Gasteiger partial charge < -0.3 is 19.9 Å². The lowest BCUT2D eigenvalue weighted by Gasteiger charge is -2.37. The molecular weight excluding hydrogens is 441 g/mol. The number of rotatable bonds is 4. The number of halogens is 1. The van der Waals surface area contributed by atoms with Gasteiger partial charge in [0.1, 0.15) is 0 Å². The molecule has 0 atom stereocenters. The van der Waals surface area contributed by atoms with Crippen LogP contribution in [0.25, 0.3) is 0 Å². The van der Waals surface area contributed by atoms with Crippen molar-refractivity contribution in [3.8, 4) is 5.88 Å². The normalized spacial score (nSPS) is 14.6. The smallest absolute Gasteiger partial charge is 0.218 e. The number of anilines is 1. The van der Waals surface area contributed by atoms with Gasteiger partial charge in [-0.15, -0.1) is 24.0 Å². The standard InChI is InChI=1S/C19H25N5O.HI/c1-20-19(22-15-16-7-6-10-21-18(16)25-2)24-13-11-23(12-14-24)17-8-4-3-5-9-17;/h3-10H,11-15H2,1-2H3,(H,20,22);1H. The fourth-order valence-electron chi connectivity index (χ4n) is 3.06. The first-order valence-corrected chi connectivity index (χ1v) is 8.55. The van der Waals surface area contributed by atoms with Gasteiger partial charge in [-0.3, -0.25) is 4.99 Å². The van der Waals surface area contributed by atoms with Crippen LogP contribution in [0, 0.1) is 0 Å². The molecule has 26 heavy (non-hydrogen) atoms. The zero-order valence-corrected chi connectivity index (χ0v) is 17.6. The molecule has 6 nitrogen and oxygen atoms in total. The Morgan fingerprint density at radius 2 is 1.85 bits per heavy atom. The summed E-state index contributed by atoms with van der Waals surface area (Å²) in [4.78, 5) is 13.4. The summed E-state index contributed by atoms with van der Waals surface area (Å²) in [5, 5.41) is 3.42. The van der Waals surface area contributed by atoms with Gasteiger partial charge in [0.05, 0.1) is 7.11 Å². The predicted molar refractivity (Wildman–Crippen MR) is 117 cm³/mol. The highest BCUT2D eigenvalue weighted by atomic mass is 127. The number of aromatic nitrogens is 1. The number of pyridine rings is 1. The van der Waals surface area contributed by atoms with Gasteiger partial charge in [0.25, 0.3) is 0 Å². The highest BCUT2D eigenvalue weighted by Crippen LogP contribution is 2.16. The molecule has 1 aromatic carbocycles. The number of nitrogens with zero attached hydrogens (tertiary/aromatic N) is 4. The minimum Gasteiger partial charge on any atom is -0.481 e. The molecule has 0 radical (unpaired) electrons. The number of ether oxygens (including phenoxy) is 1. The SMILES string of the molecule is CN=C(NCc1cccnc1OC)N1CCN(c2ccccc2)CC1.I. The number of hydrogen-bond acceptors (Lipinski definition) is 4. The fourth-order valence-corrected chi connectivity index (χ4v) is 3.06. The average molecular weight is 467 g/mol. The number of para-hydroxylation sites is 1. The second-order valence-electron chi connectivity index (χ2n) is 5.88. The summed E-state index contributed by atoms with van der Waals surface area (Å²) >= 11 is 0. The zero-order valence-electron chi connectivity index (χ0n) is 15.3. The van der Waals surface area contributed by atoms with Crippen LogP contribution in [0.4, 0.5) is 5.69 Å². The molecule has 7 heteroatoms. The Hall–Kier alpha value is -2.03. The van der Waals surface area contributed by atoms with Crippen LogP contribution < -0.4 is 15.0 Å². The van der Waals surface area contributed by atoms with E-state index < -0.39 is 0 Å². The maximum Gasteiger partial charge on any atom is 0.218 e. The van der Waals surface area contributed by atoms with Crippen LogP contribution in [0.1, 0.15) is 5.56 Å². The van der Waals surface area contributed by atoms with Crippen LogP contribution in [0.2, 0.25) is 0 Å². The number of piperazine rings is 1. The molecule has 0 amide bonds. The van der Waals surface area contributed by atoms with Crippen LogP contribution in [-0.4, -0.2) is 56.2 Å². The first-order valence-electron chi connectivity index (χ1n) is 8.55. The van der Waals surface area contributed by atoms with Gasteiger partial charge in [0.2, 0.25) is 5.88 Å². The quantitative estimate of drug-likeness (QED) is 0.426. The first kappa shape index (κ1) is 20.3. The molecule has 1 saturated heterocycles. The van der Waals surface area contributed by atoms with E-state index in [9.17, 15) is 0 Å². The molecule has 2 heterocycles. The van der Waals surface area contributed by atoms with Gasteiger partial charge >= 0.3 is 0 Å².